The molecule has 1 aliphatic rings. The standard InChI is InChI=1S/C19H12ClF2N5/c20-18-17-8-27-19(23-9-25-27)13-6-11(2-4-16(13)26(17)10-24-18)5-12-1-3-14(21)15(22)7-12/h1-4,6-7,9-10H,5,8H2. The predicted octanol–water partition coefficient (Wildman–Crippen LogP) is 4.01. The molecule has 4 aromatic rings. The second kappa shape index (κ2) is 5.99. The number of benzene rings is 2. The van der Waals surface area contributed by atoms with Gasteiger partial charge in [0, 0.05) is 5.56 Å². The van der Waals surface area contributed by atoms with Crippen molar-refractivity contribution in [1.29, 1.82) is 0 Å². The number of hydrogen-bond acceptors (Lipinski definition) is 3. The maximum atomic E-state index is 13.5. The second-order valence-corrected chi connectivity index (χ2v) is 6.73. The van der Waals surface area contributed by atoms with Gasteiger partial charge in [-0.15, -0.1) is 0 Å². The third kappa shape index (κ3) is 2.62. The van der Waals surface area contributed by atoms with Crippen LogP contribution in [-0.4, -0.2) is 24.3 Å². The summed E-state index contributed by atoms with van der Waals surface area (Å²) in [7, 11) is 0. The zero-order valence-corrected chi connectivity index (χ0v) is 14.7. The first kappa shape index (κ1) is 16.1. The van der Waals surface area contributed by atoms with E-state index in [-0.39, 0.29) is 0 Å². The molecule has 0 saturated carbocycles. The molecule has 5 nitrogen and oxygen atoms in total. The van der Waals surface area contributed by atoms with Gasteiger partial charge in [-0.3, -0.25) is 4.57 Å². The molecular weight excluding hydrogens is 372 g/mol. The molecule has 0 bridgehead atoms. The average Bonchev–Trinajstić information content (AvgIpc) is 3.23. The molecular formula is C19H12ClF2N5. The van der Waals surface area contributed by atoms with Crippen molar-refractivity contribution in [2.75, 3.05) is 0 Å². The summed E-state index contributed by atoms with van der Waals surface area (Å²) in [5, 5.41) is 4.71. The molecule has 0 aliphatic carbocycles. The van der Waals surface area contributed by atoms with E-state index < -0.39 is 11.6 Å². The Bertz CT molecular complexity index is 1180. The molecule has 0 radical (unpaired) electrons. The Kier molecular flexibility index (Phi) is 3.58. The monoisotopic (exact) mass is 383 g/mol. The van der Waals surface area contributed by atoms with E-state index >= 15 is 0 Å². The van der Waals surface area contributed by atoms with E-state index in [0.717, 1.165) is 34.4 Å². The van der Waals surface area contributed by atoms with Crippen LogP contribution in [0.4, 0.5) is 8.78 Å². The number of hydrogen-bond donors (Lipinski definition) is 0. The Morgan fingerprint density at radius 1 is 1.00 bits per heavy atom. The summed E-state index contributed by atoms with van der Waals surface area (Å²) in [6.07, 6.45) is 3.65. The number of halogens is 3. The Labute approximate surface area is 157 Å². The van der Waals surface area contributed by atoms with Crippen molar-refractivity contribution >= 4 is 11.6 Å². The van der Waals surface area contributed by atoms with E-state index in [0.29, 0.717) is 23.7 Å². The molecule has 0 unspecified atom stereocenters. The molecule has 3 heterocycles. The Hall–Kier alpha value is -3.06. The van der Waals surface area contributed by atoms with Crippen LogP contribution in [0.5, 0.6) is 0 Å². The van der Waals surface area contributed by atoms with Crippen LogP contribution >= 0.6 is 11.6 Å². The van der Waals surface area contributed by atoms with E-state index in [2.05, 4.69) is 15.1 Å². The van der Waals surface area contributed by atoms with Crippen LogP contribution in [-0.2, 0) is 13.0 Å². The molecule has 0 atom stereocenters. The van der Waals surface area contributed by atoms with E-state index in [1.165, 1.54) is 12.4 Å². The zero-order chi connectivity index (χ0) is 18.5. The molecule has 0 fully saturated rings. The van der Waals surface area contributed by atoms with Gasteiger partial charge in [-0.1, -0.05) is 23.7 Å². The first-order valence-corrected chi connectivity index (χ1v) is 8.65. The van der Waals surface area contributed by atoms with Crippen molar-refractivity contribution < 1.29 is 8.78 Å². The Morgan fingerprint density at radius 3 is 2.67 bits per heavy atom. The maximum absolute atomic E-state index is 13.5. The summed E-state index contributed by atoms with van der Waals surface area (Å²) < 4.78 is 30.4. The minimum absolute atomic E-state index is 0.426. The molecule has 0 N–H and O–H groups in total. The summed E-state index contributed by atoms with van der Waals surface area (Å²) in [5.74, 6) is -0.977. The topological polar surface area (TPSA) is 48.5 Å². The number of rotatable bonds is 2. The molecule has 5 rings (SSSR count). The lowest BCUT2D eigenvalue weighted by Crippen LogP contribution is -2.04. The first-order chi connectivity index (χ1) is 13.1. The highest BCUT2D eigenvalue weighted by Gasteiger charge is 2.23. The van der Waals surface area contributed by atoms with E-state index in [1.807, 2.05) is 22.8 Å². The minimum Gasteiger partial charge on any atom is -0.299 e. The highest BCUT2D eigenvalue weighted by atomic mass is 35.5. The van der Waals surface area contributed by atoms with Crippen LogP contribution < -0.4 is 0 Å². The highest BCUT2D eigenvalue weighted by Crippen LogP contribution is 2.33. The molecule has 1 aliphatic heterocycles. The van der Waals surface area contributed by atoms with Gasteiger partial charge in [0.25, 0.3) is 0 Å². The molecule has 134 valence electrons. The van der Waals surface area contributed by atoms with Crippen molar-refractivity contribution in [1.82, 2.24) is 24.3 Å². The molecule has 0 amide bonds. The van der Waals surface area contributed by atoms with Gasteiger partial charge in [0.05, 0.1) is 17.9 Å². The lowest BCUT2D eigenvalue weighted by atomic mass is 10.0. The first-order valence-electron chi connectivity index (χ1n) is 8.27. The summed E-state index contributed by atoms with van der Waals surface area (Å²) in [6, 6.07) is 9.84. The molecule has 27 heavy (non-hydrogen) atoms. The van der Waals surface area contributed by atoms with Crippen molar-refractivity contribution in [2.24, 2.45) is 0 Å². The quantitative estimate of drug-likeness (QED) is 0.462. The van der Waals surface area contributed by atoms with Gasteiger partial charge in [-0.25, -0.2) is 23.4 Å². The fourth-order valence-electron chi connectivity index (χ4n) is 3.40. The third-order valence-corrected chi connectivity index (χ3v) is 5.00. The molecule has 8 heteroatoms. The summed E-state index contributed by atoms with van der Waals surface area (Å²) in [6.45, 7) is 0.460. The van der Waals surface area contributed by atoms with E-state index in [9.17, 15) is 8.78 Å². The van der Waals surface area contributed by atoms with Crippen molar-refractivity contribution in [3.8, 4) is 17.1 Å². The lowest BCUT2D eigenvalue weighted by Gasteiger charge is -2.11. The van der Waals surface area contributed by atoms with Gasteiger partial charge < -0.3 is 0 Å². The van der Waals surface area contributed by atoms with Crippen molar-refractivity contribution in [3.63, 3.8) is 0 Å². The number of imidazole rings is 1. The van der Waals surface area contributed by atoms with Crippen molar-refractivity contribution in [3.05, 3.63) is 82.7 Å². The molecule has 0 spiro atoms. The largest absolute Gasteiger partial charge is 0.299 e. The highest BCUT2D eigenvalue weighted by molar-refractivity contribution is 6.30. The van der Waals surface area contributed by atoms with Crippen LogP contribution in [0.15, 0.2) is 49.1 Å². The minimum atomic E-state index is -0.849. The van der Waals surface area contributed by atoms with Gasteiger partial charge in [0.15, 0.2) is 22.6 Å². The zero-order valence-electron chi connectivity index (χ0n) is 13.9. The number of nitrogens with zero attached hydrogens (tertiary/aromatic N) is 5. The van der Waals surface area contributed by atoms with Gasteiger partial charge >= 0.3 is 0 Å². The predicted molar refractivity (Wildman–Crippen MR) is 95.9 cm³/mol. The van der Waals surface area contributed by atoms with Crippen LogP contribution in [0.3, 0.4) is 0 Å². The second-order valence-electron chi connectivity index (χ2n) is 6.37. The lowest BCUT2D eigenvalue weighted by molar-refractivity contribution is 0.507. The third-order valence-electron chi connectivity index (χ3n) is 4.68. The molecule has 2 aromatic carbocycles. The van der Waals surface area contributed by atoms with Crippen LogP contribution in [0.25, 0.3) is 17.1 Å². The Balaban J connectivity index is 1.63. The van der Waals surface area contributed by atoms with Crippen LogP contribution in [0, 0.1) is 11.6 Å². The number of fused-ring (bicyclic) bond motifs is 5. The Morgan fingerprint density at radius 2 is 1.81 bits per heavy atom. The van der Waals surface area contributed by atoms with Gasteiger partial charge in [-0.05, 0) is 41.8 Å². The summed E-state index contributed by atoms with van der Waals surface area (Å²) in [5.41, 5.74) is 4.24. The average molecular weight is 384 g/mol. The van der Waals surface area contributed by atoms with Gasteiger partial charge in [-0.2, -0.15) is 5.10 Å². The molecule has 0 saturated heterocycles. The molecule has 2 aromatic heterocycles. The summed E-state index contributed by atoms with van der Waals surface area (Å²) in [4.78, 5) is 8.58. The van der Waals surface area contributed by atoms with Crippen LogP contribution in [0.1, 0.15) is 16.8 Å². The van der Waals surface area contributed by atoms with Crippen LogP contribution in [0.2, 0.25) is 5.15 Å². The smallest absolute Gasteiger partial charge is 0.160 e. The van der Waals surface area contributed by atoms with Gasteiger partial charge in [0.2, 0.25) is 0 Å². The SMILES string of the molecule is Fc1ccc(Cc2ccc3c(c2)-c2ncnn2Cc2c(Cl)ncn2-3)cc1F. The number of aromatic nitrogens is 5. The fraction of sp³-hybridized carbons (Fsp3) is 0.105. The normalized spacial score (nSPS) is 12.3. The van der Waals surface area contributed by atoms with Gasteiger partial charge in [0.1, 0.15) is 12.7 Å². The van der Waals surface area contributed by atoms with Crippen molar-refractivity contribution in [2.45, 2.75) is 13.0 Å². The maximum Gasteiger partial charge on any atom is 0.160 e. The fourth-order valence-corrected chi connectivity index (χ4v) is 3.59. The van der Waals surface area contributed by atoms with E-state index in [1.54, 1.807) is 17.1 Å². The van der Waals surface area contributed by atoms with E-state index in [4.69, 9.17) is 11.6 Å². The summed E-state index contributed by atoms with van der Waals surface area (Å²) >= 11 is 6.24.